The Balaban J connectivity index is 0.00000289. The smallest absolute Gasteiger partial charge is 0.249 e. The second-order valence-corrected chi connectivity index (χ2v) is 8.77. The molecule has 2 saturated heterocycles. The summed E-state index contributed by atoms with van der Waals surface area (Å²) < 4.78 is 5.50. The molecule has 9 nitrogen and oxygen atoms in total. The number of piperazine rings is 1. The largest absolute Gasteiger partial charge is 0.370 e. The van der Waals surface area contributed by atoms with Crippen LogP contribution in [0.25, 0.3) is 11.4 Å². The third-order valence-corrected chi connectivity index (χ3v) is 6.61. The molecule has 35 heavy (non-hydrogen) atoms. The average Bonchev–Trinajstić information content (AvgIpc) is 3.55. The highest BCUT2D eigenvalue weighted by molar-refractivity contribution is 5.85. The van der Waals surface area contributed by atoms with Crippen LogP contribution in [0.3, 0.4) is 0 Å². The number of hydrogen-bond donors (Lipinski definition) is 2. The lowest BCUT2D eigenvalue weighted by atomic mass is 10.1. The summed E-state index contributed by atoms with van der Waals surface area (Å²) in [6, 6.07) is 17.9. The van der Waals surface area contributed by atoms with Gasteiger partial charge in [0.15, 0.2) is 5.96 Å². The van der Waals surface area contributed by atoms with Crippen molar-refractivity contribution in [1.29, 1.82) is 5.41 Å². The third kappa shape index (κ3) is 5.40. The maximum Gasteiger partial charge on any atom is 0.249 e. The fourth-order valence-corrected chi connectivity index (χ4v) is 4.72. The summed E-state index contributed by atoms with van der Waals surface area (Å²) in [7, 11) is 0. The van der Waals surface area contributed by atoms with E-state index in [1.165, 1.54) is 0 Å². The summed E-state index contributed by atoms with van der Waals surface area (Å²) in [4.78, 5) is 23.2. The maximum absolute atomic E-state index is 12.6. The molecule has 0 radical (unpaired) electrons. The van der Waals surface area contributed by atoms with Crippen LogP contribution < -0.4 is 10.6 Å². The number of nitrogens with two attached hydrogens (primary N) is 1. The molecule has 2 aliphatic heterocycles. The maximum atomic E-state index is 12.6. The Bertz CT molecular complexity index is 1140. The summed E-state index contributed by atoms with van der Waals surface area (Å²) in [5.41, 5.74) is 8.73. The number of likely N-dealkylation sites (tertiary alicyclic amines) is 1. The van der Waals surface area contributed by atoms with Gasteiger partial charge in [-0.1, -0.05) is 35.5 Å². The van der Waals surface area contributed by atoms with Crippen LogP contribution in [0.4, 0.5) is 5.69 Å². The lowest BCUT2D eigenvalue weighted by molar-refractivity contribution is -0.130. The Kier molecular flexibility index (Phi) is 7.55. The first kappa shape index (κ1) is 24.5. The van der Waals surface area contributed by atoms with Crippen LogP contribution in [0.1, 0.15) is 30.3 Å². The predicted molar refractivity (Wildman–Crippen MR) is 137 cm³/mol. The molecule has 2 fully saturated rings. The van der Waals surface area contributed by atoms with Gasteiger partial charge in [-0.2, -0.15) is 4.98 Å². The first-order valence-electron chi connectivity index (χ1n) is 11.7. The third-order valence-electron chi connectivity index (χ3n) is 6.61. The number of halogens is 1. The number of aromatic nitrogens is 2. The highest BCUT2D eigenvalue weighted by Crippen LogP contribution is 2.32. The summed E-state index contributed by atoms with van der Waals surface area (Å²) in [6.07, 6.45) is 2.25. The molecule has 3 N–H and O–H groups in total. The van der Waals surface area contributed by atoms with Gasteiger partial charge < -0.3 is 25.0 Å². The molecule has 2 aromatic carbocycles. The number of hydrogen-bond acceptors (Lipinski definition) is 6. The quantitative estimate of drug-likeness (QED) is 0.412. The van der Waals surface area contributed by atoms with Gasteiger partial charge in [-0.25, -0.2) is 0 Å². The zero-order valence-electron chi connectivity index (χ0n) is 19.5. The number of rotatable bonds is 5. The standard InChI is InChI=1S/C25H29N7O2.ClH/c26-25(27)32-12-4-7-21(32)24-28-23(29-34-24)19-8-10-20(11-9-19)30-13-15-31(16-14-30)22(33)17-18-5-2-1-3-6-18;/h1-3,5-6,8-11,21H,4,7,12-17H2,(H3,26,27);1H/t21-;/m0./s1. The number of nitrogens with zero attached hydrogens (tertiary/aromatic N) is 5. The Morgan fingerprint density at radius 1 is 1.03 bits per heavy atom. The van der Waals surface area contributed by atoms with Gasteiger partial charge in [0.05, 0.1) is 6.42 Å². The topological polar surface area (TPSA) is 116 Å². The Labute approximate surface area is 210 Å². The van der Waals surface area contributed by atoms with Crippen LogP contribution in [0, 0.1) is 5.41 Å². The molecule has 2 aliphatic rings. The van der Waals surface area contributed by atoms with Crippen LogP contribution in [0.2, 0.25) is 0 Å². The first-order valence-corrected chi connectivity index (χ1v) is 11.7. The van der Waals surface area contributed by atoms with E-state index >= 15 is 0 Å². The van der Waals surface area contributed by atoms with Crippen molar-refractivity contribution in [3.63, 3.8) is 0 Å². The molecule has 0 bridgehead atoms. The monoisotopic (exact) mass is 495 g/mol. The lowest BCUT2D eigenvalue weighted by Crippen LogP contribution is -2.49. The summed E-state index contributed by atoms with van der Waals surface area (Å²) in [6.45, 7) is 3.77. The van der Waals surface area contributed by atoms with Gasteiger partial charge >= 0.3 is 0 Å². The molecule has 1 atom stereocenters. The van der Waals surface area contributed by atoms with Crippen molar-refractivity contribution in [2.75, 3.05) is 37.6 Å². The minimum Gasteiger partial charge on any atom is -0.370 e. The van der Waals surface area contributed by atoms with Crippen molar-refractivity contribution in [3.05, 3.63) is 66.1 Å². The number of benzene rings is 2. The van der Waals surface area contributed by atoms with E-state index in [0.29, 0.717) is 18.1 Å². The zero-order valence-corrected chi connectivity index (χ0v) is 20.3. The highest BCUT2D eigenvalue weighted by Gasteiger charge is 2.31. The van der Waals surface area contributed by atoms with E-state index in [4.69, 9.17) is 15.7 Å². The molecule has 1 aromatic heterocycles. The molecule has 5 rings (SSSR count). The van der Waals surface area contributed by atoms with Gasteiger partial charge in [0.1, 0.15) is 6.04 Å². The Morgan fingerprint density at radius 3 is 2.43 bits per heavy atom. The normalized spacial score (nSPS) is 17.8. The van der Waals surface area contributed by atoms with Gasteiger partial charge in [-0.15, -0.1) is 12.4 Å². The van der Waals surface area contributed by atoms with Crippen LogP contribution in [0.15, 0.2) is 59.1 Å². The molecule has 0 unspecified atom stereocenters. The highest BCUT2D eigenvalue weighted by atomic mass is 35.5. The molecule has 3 heterocycles. The van der Waals surface area contributed by atoms with Crippen molar-refractivity contribution in [1.82, 2.24) is 19.9 Å². The molecular weight excluding hydrogens is 466 g/mol. The van der Waals surface area contributed by atoms with Crippen LogP contribution in [-0.4, -0.2) is 64.5 Å². The molecule has 3 aromatic rings. The fraction of sp³-hybridized carbons (Fsp3) is 0.360. The van der Waals surface area contributed by atoms with Gasteiger partial charge in [0, 0.05) is 44.0 Å². The minimum atomic E-state index is -0.126. The molecule has 0 spiro atoms. The molecule has 10 heteroatoms. The number of guanidine groups is 1. The van der Waals surface area contributed by atoms with Crippen molar-refractivity contribution >= 4 is 30.0 Å². The molecular formula is C25H30ClN7O2. The van der Waals surface area contributed by atoms with E-state index in [1.807, 2.05) is 47.4 Å². The van der Waals surface area contributed by atoms with Gasteiger partial charge in [-0.3, -0.25) is 10.2 Å². The van der Waals surface area contributed by atoms with E-state index < -0.39 is 0 Å². The second-order valence-electron chi connectivity index (χ2n) is 8.77. The Hall–Kier alpha value is -3.59. The summed E-state index contributed by atoms with van der Waals surface area (Å²) >= 11 is 0. The minimum absolute atomic E-state index is 0. The van der Waals surface area contributed by atoms with Gasteiger partial charge in [0.25, 0.3) is 0 Å². The van der Waals surface area contributed by atoms with Gasteiger partial charge in [-0.05, 0) is 42.7 Å². The predicted octanol–water partition coefficient (Wildman–Crippen LogP) is 3.08. The zero-order chi connectivity index (χ0) is 23.5. The van der Waals surface area contributed by atoms with E-state index in [1.54, 1.807) is 4.90 Å². The molecule has 184 valence electrons. The number of amides is 1. The summed E-state index contributed by atoms with van der Waals surface area (Å²) in [5.74, 6) is 1.25. The first-order chi connectivity index (χ1) is 16.6. The van der Waals surface area contributed by atoms with E-state index in [-0.39, 0.29) is 30.3 Å². The Morgan fingerprint density at radius 2 is 1.74 bits per heavy atom. The fourth-order valence-electron chi connectivity index (χ4n) is 4.72. The number of carbonyl (C=O) groups is 1. The molecule has 0 aliphatic carbocycles. The number of nitrogens with one attached hydrogen (secondary N) is 1. The van der Waals surface area contributed by atoms with Crippen LogP contribution in [-0.2, 0) is 11.2 Å². The van der Waals surface area contributed by atoms with E-state index in [2.05, 4.69) is 27.2 Å². The van der Waals surface area contributed by atoms with Crippen molar-refractivity contribution in [2.24, 2.45) is 5.73 Å². The van der Waals surface area contributed by atoms with E-state index in [9.17, 15) is 4.79 Å². The average molecular weight is 496 g/mol. The molecule has 0 saturated carbocycles. The van der Waals surface area contributed by atoms with E-state index in [0.717, 1.165) is 62.4 Å². The summed E-state index contributed by atoms with van der Waals surface area (Å²) in [5, 5.41) is 11.9. The molecule has 1 amide bonds. The SMILES string of the molecule is Cl.N=C(N)N1CCC[C@H]1c1nc(-c2ccc(N3CCN(C(=O)Cc4ccccc4)CC3)cc2)no1. The second kappa shape index (κ2) is 10.8. The number of anilines is 1. The van der Waals surface area contributed by atoms with Crippen molar-refractivity contribution in [2.45, 2.75) is 25.3 Å². The van der Waals surface area contributed by atoms with Crippen molar-refractivity contribution in [3.8, 4) is 11.4 Å². The van der Waals surface area contributed by atoms with Gasteiger partial charge in [0.2, 0.25) is 17.6 Å². The van der Waals surface area contributed by atoms with Crippen LogP contribution in [0.5, 0.6) is 0 Å². The number of carbonyl (C=O) groups excluding carboxylic acids is 1. The lowest BCUT2D eigenvalue weighted by Gasteiger charge is -2.36. The van der Waals surface area contributed by atoms with Crippen molar-refractivity contribution < 1.29 is 9.32 Å². The van der Waals surface area contributed by atoms with Crippen LogP contribution >= 0.6 is 12.4 Å².